The van der Waals surface area contributed by atoms with E-state index in [1.165, 1.54) is 6.07 Å². The van der Waals surface area contributed by atoms with E-state index < -0.39 is 0 Å². The van der Waals surface area contributed by atoms with Crippen LogP contribution in [0.3, 0.4) is 0 Å². The van der Waals surface area contributed by atoms with Gasteiger partial charge in [-0.15, -0.1) is 24.0 Å². The van der Waals surface area contributed by atoms with Gasteiger partial charge in [0, 0.05) is 37.2 Å². The molecule has 1 aromatic rings. The highest BCUT2D eigenvalue weighted by molar-refractivity contribution is 14.0. The molecule has 0 aromatic heterocycles. The van der Waals surface area contributed by atoms with E-state index >= 15 is 0 Å². The zero-order valence-corrected chi connectivity index (χ0v) is 17.4. The Balaban J connectivity index is 0.00000312. The maximum Gasteiger partial charge on any atom is 0.225 e. The van der Waals surface area contributed by atoms with Gasteiger partial charge >= 0.3 is 0 Å². The third-order valence-electron chi connectivity index (χ3n) is 4.04. The van der Waals surface area contributed by atoms with E-state index in [-0.39, 0.29) is 54.2 Å². The molecule has 1 heterocycles. The Morgan fingerprint density at radius 3 is 2.76 bits per heavy atom. The summed E-state index contributed by atoms with van der Waals surface area (Å²) < 4.78 is 13.7. The smallest absolute Gasteiger partial charge is 0.225 e. The highest BCUT2D eigenvalue weighted by atomic mass is 127. The van der Waals surface area contributed by atoms with Gasteiger partial charge in [0.2, 0.25) is 5.91 Å². The summed E-state index contributed by atoms with van der Waals surface area (Å²) in [7, 11) is 0. The van der Waals surface area contributed by atoms with Crippen LogP contribution in [0.1, 0.15) is 32.8 Å². The van der Waals surface area contributed by atoms with Gasteiger partial charge in [-0.25, -0.2) is 9.38 Å². The van der Waals surface area contributed by atoms with Gasteiger partial charge < -0.3 is 15.5 Å². The van der Waals surface area contributed by atoms with Crippen LogP contribution in [0.15, 0.2) is 29.3 Å². The molecule has 140 valence electrons. The van der Waals surface area contributed by atoms with Crippen molar-refractivity contribution in [2.75, 3.05) is 19.6 Å². The minimum absolute atomic E-state index is 0. The Kier molecular flexibility index (Phi) is 9.16. The topological polar surface area (TPSA) is 56.7 Å². The summed E-state index contributed by atoms with van der Waals surface area (Å²) in [5, 5.41) is 6.53. The lowest BCUT2D eigenvalue weighted by atomic mass is 10.2. The number of amides is 1. The lowest BCUT2D eigenvalue weighted by molar-refractivity contribution is -0.133. The first-order valence-electron chi connectivity index (χ1n) is 8.58. The minimum Gasteiger partial charge on any atom is -0.357 e. The Bertz CT molecular complexity index is 594. The standard InChI is InChI=1S/C18H27FN4O.HI/c1-4-20-18(21-11-14-7-5-6-8-16(14)19)22-15-9-10-23(12-15)17(24)13(2)3;/h5-8,13,15H,4,9-12H2,1-3H3,(H2,20,21,22);1H. The SMILES string of the molecule is CCNC(=NCc1ccccc1F)NC1CCN(C(=O)C(C)C)C1.I. The van der Waals surface area contributed by atoms with Crippen molar-refractivity contribution < 1.29 is 9.18 Å². The number of carbonyl (C=O) groups is 1. The molecule has 0 bridgehead atoms. The summed E-state index contributed by atoms with van der Waals surface area (Å²) in [6.07, 6.45) is 0.891. The molecule has 2 rings (SSSR count). The number of halogens is 2. The van der Waals surface area contributed by atoms with Crippen LogP contribution in [0.25, 0.3) is 0 Å². The third kappa shape index (κ3) is 6.45. The number of carbonyl (C=O) groups excluding carboxylic acids is 1. The Labute approximate surface area is 166 Å². The lowest BCUT2D eigenvalue weighted by Crippen LogP contribution is -2.45. The molecule has 5 nitrogen and oxygen atoms in total. The number of hydrogen-bond donors (Lipinski definition) is 2. The number of benzene rings is 1. The maximum absolute atomic E-state index is 13.7. The van der Waals surface area contributed by atoms with Gasteiger partial charge in [0.15, 0.2) is 5.96 Å². The minimum atomic E-state index is -0.244. The molecule has 1 aliphatic heterocycles. The molecule has 0 saturated carbocycles. The number of nitrogens with one attached hydrogen (secondary N) is 2. The summed E-state index contributed by atoms with van der Waals surface area (Å²) in [6, 6.07) is 6.83. The van der Waals surface area contributed by atoms with E-state index in [0.29, 0.717) is 18.1 Å². The molecule has 1 atom stereocenters. The molecule has 1 aromatic carbocycles. The normalized spacial score (nSPS) is 17.4. The molecule has 7 heteroatoms. The van der Waals surface area contributed by atoms with E-state index in [2.05, 4.69) is 15.6 Å². The van der Waals surface area contributed by atoms with Crippen molar-refractivity contribution in [1.82, 2.24) is 15.5 Å². The monoisotopic (exact) mass is 462 g/mol. The van der Waals surface area contributed by atoms with Crippen LogP contribution in [0.4, 0.5) is 4.39 Å². The predicted octanol–water partition coefficient (Wildman–Crippen LogP) is 2.76. The maximum atomic E-state index is 13.7. The van der Waals surface area contributed by atoms with Crippen molar-refractivity contribution in [2.45, 2.75) is 39.8 Å². The zero-order chi connectivity index (χ0) is 17.5. The fraction of sp³-hybridized carbons (Fsp3) is 0.556. The first-order chi connectivity index (χ1) is 11.5. The van der Waals surface area contributed by atoms with Crippen LogP contribution in [0.5, 0.6) is 0 Å². The van der Waals surface area contributed by atoms with Crippen molar-refractivity contribution >= 4 is 35.8 Å². The molecule has 0 spiro atoms. The van der Waals surface area contributed by atoms with E-state index in [9.17, 15) is 9.18 Å². The average Bonchev–Trinajstić information content (AvgIpc) is 3.01. The predicted molar refractivity (Wildman–Crippen MR) is 110 cm³/mol. The first kappa shape index (κ1) is 21.7. The molecule has 1 saturated heterocycles. The molecular formula is C18H28FIN4O. The van der Waals surface area contributed by atoms with Gasteiger partial charge in [0.05, 0.1) is 6.54 Å². The van der Waals surface area contributed by atoms with Crippen LogP contribution < -0.4 is 10.6 Å². The van der Waals surface area contributed by atoms with Crippen LogP contribution in [0, 0.1) is 11.7 Å². The molecule has 1 unspecified atom stereocenters. The highest BCUT2D eigenvalue weighted by Crippen LogP contribution is 2.13. The van der Waals surface area contributed by atoms with Gasteiger partial charge in [-0.2, -0.15) is 0 Å². The Hall–Kier alpha value is -1.38. The summed E-state index contributed by atoms with van der Waals surface area (Å²) in [5.74, 6) is 0.621. The van der Waals surface area contributed by atoms with Crippen LogP contribution >= 0.6 is 24.0 Å². The second-order valence-corrected chi connectivity index (χ2v) is 6.36. The quantitative estimate of drug-likeness (QED) is 0.402. The van der Waals surface area contributed by atoms with Gasteiger partial charge in [0.25, 0.3) is 0 Å². The molecular weight excluding hydrogens is 434 g/mol. The molecule has 25 heavy (non-hydrogen) atoms. The number of hydrogen-bond acceptors (Lipinski definition) is 2. The number of nitrogens with zero attached hydrogens (tertiary/aromatic N) is 2. The van der Waals surface area contributed by atoms with Crippen LogP contribution in [-0.2, 0) is 11.3 Å². The summed E-state index contributed by atoms with van der Waals surface area (Å²) in [5.41, 5.74) is 0.567. The average molecular weight is 462 g/mol. The lowest BCUT2D eigenvalue weighted by Gasteiger charge is -2.20. The van der Waals surface area contributed by atoms with Gasteiger partial charge in [-0.05, 0) is 19.4 Å². The van der Waals surface area contributed by atoms with Crippen molar-refractivity contribution in [3.8, 4) is 0 Å². The van der Waals surface area contributed by atoms with E-state index in [0.717, 1.165) is 19.5 Å². The fourth-order valence-electron chi connectivity index (χ4n) is 2.75. The Morgan fingerprint density at radius 2 is 2.12 bits per heavy atom. The van der Waals surface area contributed by atoms with Crippen LogP contribution in [0.2, 0.25) is 0 Å². The number of guanidine groups is 1. The molecule has 1 aliphatic rings. The van der Waals surface area contributed by atoms with Crippen LogP contribution in [-0.4, -0.2) is 42.4 Å². The highest BCUT2D eigenvalue weighted by Gasteiger charge is 2.27. The second kappa shape index (κ2) is 10.6. The number of aliphatic imine (C=N–C) groups is 1. The van der Waals surface area contributed by atoms with E-state index in [4.69, 9.17) is 0 Å². The van der Waals surface area contributed by atoms with Crippen molar-refractivity contribution in [3.05, 3.63) is 35.6 Å². The molecule has 0 aliphatic carbocycles. The molecule has 1 amide bonds. The first-order valence-corrected chi connectivity index (χ1v) is 8.58. The van der Waals surface area contributed by atoms with E-state index in [1.54, 1.807) is 18.2 Å². The Morgan fingerprint density at radius 1 is 1.40 bits per heavy atom. The second-order valence-electron chi connectivity index (χ2n) is 6.36. The van der Waals surface area contributed by atoms with Crippen molar-refractivity contribution in [1.29, 1.82) is 0 Å². The molecule has 1 fully saturated rings. The van der Waals surface area contributed by atoms with Gasteiger partial charge in [-0.1, -0.05) is 32.0 Å². The number of likely N-dealkylation sites (tertiary alicyclic amines) is 1. The van der Waals surface area contributed by atoms with Crippen molar-refractivity contribution in [2.24, 2.45) is 10.9 Å². The van der Waals surface area contributed by atoms with Gasteiger partial charge in [0.1, 0.15) is 5.82 Å². The molecule has 0 radical (unpaired) electrons. The zero-order valence-electron chi connectivity index (χ0n) is 15.1. The fourth-order valence-corrected chi connectivity index (χ4v) is 2.75. The summed E-state index contributed by atoms with van der Waals surface area (Å²) >= 11 is 0. The third-order valence-corrected chi connectivity index (χ3v) is 4.04. The summed E-state index contributed by atoms with van der Waals surface area (Å²) in [4.78, 5) is 18.4. The van der Waals surface area contributed by atoms with Gasteiger partial charge in [-0.3, -0.25) is 4.79 Å². The van der Waals surface area contributed by atoms with E-state index in [1.807, 2.05) is 25.7 Å². The largest absolute Gasteiger partial charge is 0.357 e. The van der Waals surface area contributed by atoms with Crippen molar-refractivity contribution in [3.63, 3.8) is 0 Å². The summed E-state index contributed by atoms with van der Waals surface area (Å²) in [6.45, 7) is 8.28. The molecule has 2 N–H and O–H groups in total. The number of rotatable bonds is 5.